The van der Waals surface area contributed by atoms with Gasteiger partial charge in [-0.2, -0.15) is 0 Å². The Hall–Kier alpha value is -3.00. The zero-order valence-electron chi connectivity index (χ0n) is 20.8. The molecule has 37 heavy (non-hydrogen) atoms. The number of aryl methyl sites for hydroxylation is 1. The molecule has 2 aromatic heterocycles. The number of carbonyl (C=O) groups is 1. The van der Waals surface area contributed by atoms with Gasteiger partial charge in [-0.15, -0.1) is 11.3 Å². The lowest BCUT2D eigenvalue weighted by molar-refractivity contribution is 0.0605. The van der Waals surface area contributed by atoms with Gasteiger partial charge in [0.25, 0.3) is 5.91 Å². The molecule has 0 unspecified atom stereocenters. The van der Waals surface area contributed by atoms with Crippen molar-refractivity contribution in [2.45, 2.75) is 51.2 Å². The number of nitrogens with one attached hydrogen (secondary N) is 1. The van der Waals surface area contributed by atoms with E-state index in [4.69, 9.17) is 11.6 Å². The molecule has 1 aliphatic carbocycles. The van der Waals surface area contributed by atoms with Crippen LogP contribution in [0.15, 0.2) is 54.9 Å². The molecule has 1 saturated carbocycles. The lowest BCUT2D eigenvalue weighted by Gasteiger charge is -2.37. The molecule has 5 rings (SSSR count). The van der Waals surface area contributed by atoms with Crippen molar-refractivity contribution in [1.82, 2.24) is 15.2 Å². The second-order valence-electron chi connectivity index (χ2n) is 9.62. The smallest absolute Gasteiger partial charge is 0.266 e. The van der Waals surface area contributed by atoms with Crippen molar-refractivity contribution in [3.05, 3.63) is 81.7 Å². The van der Waals surface area contributed by atoms with E-state index in [1.807, 2.05) is 43.1 Å². The highest BCUT2D eigenvalue weighted by molar-refractivity contribution is 7.21. The molecule has 5 nitrogen and oxygen atoms in total. The molecule has 2 heterocycles. The number of rotatable bonds is 6. The molecule has 0 bridgehead atoms. The third-order valence-corrected chi connectivity index (χ3v) is 9.05. The highest BCUT2D eigenvalue weighted by Crippen LogP contribution is 2.41. The molecule has 0 aliphatic heterocycles. The van der Waals surface area contributed by atoms with Crippen LogP contribution in [-0.2, 0) is 6.54 Å². The van der Waals surface area contributed by atoms with E-state index in [0.717, 1.165) is 53.7 Å². The van der Waals surface area contributed by atoms with Crippen LogP contribution in [0.2, 0.25) is 5.02 Å². The number of hydrogen-bond acceptors (Lipinski definition) is 5. The first-order valence-electron chi connectivity index (χ1n) is 12.4. The minimum atomic E-state index is -0.379. The van der Waals surface area contributed by atoms with Gasteiger partial charge in [-0.3, -0.25) is 9.78 Å². The Balaban J connectivity index is 1.54. The predicted octanol–water partition coefficient (Wildman–Crippen LogP) is 6.94. The van der Waals surface area contributed by atoms with Gasteiger partial charge in [0.2, 0.25) is 0 Å². The van der Waals surface area contributed by atoms with E-state index in [1.54, 1.807) is 24.5 Å². The summed E-state index contributed by atoms with van der Waals surface area (Å²) in [4.78, 5) is 20.3. The summed E-state index contributed by atoms with van der Waals surface area (Å²) in [5, 5.41) is 15.0. The van der Waals surface area contributed by atoms with Crippen LogP contribution in [-0.4, -0.2) is 40.0 Å². The number of amides is 1. The van der Waals surface area contributed by atoms with Crippen LogP contribution in [0.4, 0.5) is 4.39 Å². The Morgan fingerprint density at radius 1 is 1.14 bits per heavy atom. The Kier molecular flexibility index (Phi) is 7.47. The van der Waals surface area contributed by atoms with Gasteiger partial charge < -0.3 is 15.3 Å². The number of benzene rings is 2. The van der Waals surface area contributed by atoms with Gasteiger partial charge >= 0.3 is 0 Å². The largest absolute Gasteiger partial charge is 0.508 e. The van der Waals surface area contributed by atoms with Crippen LogP contribution in [0.3, 0.4) is 0 Å². The molecule has 192 valence electrons. The summed E-state index contributed by atoms with van der Waals surface area (Å²) in [5.74, 6) is -0.481. The fourth-order valence-corrected chi connectivity index (χ4v) is 6.85. The van der Waals surface area contributed by atoms with Gasteiger partial charge in [0, 0.05) is 42.0 Å². The van der Waals surface area contributed by atoms with E-state index in [-0.39, 0.29) is 30.1 Å². The zero-order valence-corrected chi connectivity index (χ0v) is 22.4. The summed E-state index contributed by atoms with van der Waals surface area (Å²) in [6, 6.07) is 12.7. The Morgan fingerprint density at radius 2 is 1.86 bits per heavy atom. The summed E-state index contributed by atoms with van der Waals surface area (Å²) in [7, 11) is 1.96. The number of aromatic nitrogens is 1. The molecule has 2 aromatic carbocycles. The number of pyridine rings is 1. The first-order chi connectivity index (χ1) is 17.9. The average molecular weight is 538 g/mol. The van der Waals surface area contributed by atoms with Crippen molar-refractivity contribution in [3.63, 3.8) is 0 Å². The van der Waals surface area contributed by atoms with E-state index in [9.17, 15) is 14.3 Å². The van der Waals surface area contributed by atoms with Crippen LogP contribution >= 0.6 is 22.9 Å². The zero-order chi connectivity index (χ0) is 26.1. The van der Waals surface area contributed by atoms with Crippen LogP contribution in [0.5, 0.6) is 5.75 Å². The summed E-state index contributed by atoms with van der Waals surface area (Å²) in [6.45, 7) is 2.10. The molecule has 1 amide bonds. The molecule has 1 fully saturated rings. The molecule has 2 N–H and O–H groups in total. The van der Waals surface area contributed by atoms with Crippen molar-refractivity contribution in [2.24, 2.45) is 0 Å². The van der Waals surface area contributed by atoms with Gasteiger partial charge in [-0.1, -0.05) is 23.7 Å². The number of halogens is 2. The summed E-state index contributed by atoms with van der Waals surface area (Å²) in [5.41, 5.74) is 3.39. The maximum absolute atomic E-state index is 14.6. The maximum Gasteiger partial charge on any atom is 0.266 e. The molecule has 8 heteroatoms. The summed E-state index contributed by atoms with van der Waals surface area (Å²) in [6.07, 6.45) is 7.00. The molecular weight excluding hydrogens is 509 g/mol. The molecule has 0 atom stereocenters. The van der Waals surface area contributed by atoms with Gasteiger partial charge in [0.05, 0.1) is 9.72 Å². The predicted molar refractivity (Wildman–Crippen MR) is 148 cm³/mol. The topological polar surface area (TPSA) is 65.5 Å². The highest BCUT2D eigenvalue weighted by Gasteiger charge is 2.32. The number of carbonyl (C=O) groups excluding carboxylic acids is 1. The number of fused-ring (bicyclic) bond motifs is 1. The number of aromatic hydroxyl groups is 1. The third kappa shape index (κ3) is 5.08. The number of phenolic OH excluding ortho intramolecular Hbond substituents is 1. The second kappa shape index (κ2) is 10.8. The van der Waals surface area contributed by atoms with Crippen LogP contribution < -0.4 is 5.32 Å². The standard InChI is InChI=1S/C29H29ClFN3O2S/c1-17-3-9-23(31)27-25(17)26(30)28(37-27)29(36)34(22-7-5-21(32-2)6-8-22)16-20-15-19(4-10-24(20)35)18-11-13-33-14-12-18/h3-4,9-15,21-22,32,35H,5-8,16H2,1-2H3/t21-,22-. The normalized spacial score (nSPS) is 17.7. The number of thiophene rings is 1. The third-order valence-electron chi connectivity index (χ3n) is 7.38. The molecule has 0 spiro atoms. The second-order valence-corrected chi connectivity index (χ2v) is 11.0. The van der Waals surface area contributed by atoms with E-state index >= 15 is 0 Å². The van der Waals surface area contributed by atoms with Gasteiger partial charge in [-0.25, -0.2) is 4.39 Å². The van der Waals surface area contributed by atoms with E-state index in [2.05, 4.69) is 10.3 Å². The highest BCUT2D eigenvalue weighted by atomic mass is 35.5. The first-order valence-corrected chi connectivity index (χ1v) is 13.6. The van der Waals surface area contributed by atoms with Crippen LogP contribution in [0.1, 0.15) is 46.5 Å². The van der Waals surface area contributed by atoms with Gasteiger partial charge in [-0.05, 0) is 86.7 Å². The van der Waals surface area contributed by atoms with E-state index < -0.39 is 0 Å². The molecular formula is C29H29ClFN3O2S. The van der Waals surface area contributed by atoms with E-state index in [0.29, 0.717) is 31.6 Å². The van der Waals surface area contributed by atoms with Crippen LogP contribution in [0.25, 0.3) is 21.2 Å². The SMILES string of the molecule is CN[C@H]1CC[C@H](N(Cc2cc(-c3ccncc3)ccc2O)C(=O)c2sc3c(F)ccc(C)c3c2Cl)CC1. The number of nitrogens with zero attached hydrogens (tertiary/aromatic N) is 2. The molecule has 1 aliphatic rings. The Morgan fingerprint density at radius 3 is 2.54 bits per heavy atom. The van der Waals surface area contributed by atoms with Gasteiger partial charge in [0.1, 0.15) is 16.4 Å². The quantitative estimate of drug-likeness (QED) is 0.279. The fraction of sp³-hybridized carbons (Fsp3) is 0.310. The van der Waals surface area contributed by atoms with E-state index in [1.165, 1.54) is 6.07 Å². The Labute approximate surface area is 224 Å². The van der Waals surface area contributed by atoms with Crippen molar-refractivity contribution in [2.75, 3.05) is 7.05 Å². The first kappa shape index (κ1) is 25.6. The molecule has 0 saturated heterocycles. The summed E-state index contributed by atoms with van der Waals surface area (Å²) >= 11 is 7.83. The fourth-order valence-electron chi connectivity index (χ4n) is 5.22. The van der Waals surface area contributed by atoms with Crippen molar-refractivity contribution >= 4 is 38.9 Å². The molecule has 4 aromatic rings. The maximum atomic E-state index is 14.6. The number of phenols is 1. The van der Waals surface area contributed by atoms with Crippen LogP contribution in [0, 0.1) is 12.7 Å². The monoisotopic (exact) mass is 537 g/mol. The Bertz CT molecular complexity index is 1430. The van der Waals surface area contributed by atoms with Crippen molar-refractivity contribution < 1.29 is 14.3 Å². The van der Waals surface area contributed by atoms with Gasteiger partial charge in [0.15, 0.2) is 0 Å². The number of hydrogen-bond donors (Lipinski definition) is 2. The molecule has 0 radical (unpaired) electrons. The lowest BCUT2D eigenvalue weighted by atomic mass is 9.89. The van der Waals surface area contributed by atoms with Crippen molar-refractivity contribution in [1.29, 1.82) is 0 Å². The summed E-state index contributed by atoms with van der Waals surface area (Å²) < 4.78 is 15.0. The lowest BCUT2D eigenvalue weighted by Crippen LogP contribution is -2.44. The minimum absolute atomic E-state index is 0.0201. The minimum Gasteiger partial charge on any atom is -0.508 e. The average Bonchev–Trinajstić information content (AvgIpc) is 3.29. The van der Waals surface area contributed by atoms with Crippen molar-refractivity contribution in [3.8, 4) is 16.9 Å².